The van der Waals surface area contributed by atoms with Gasteiger partial charge >= 0.3 is 0 Å². The molecule has 3 heterocycles. The highest BCUT2D eigenvalue weighted by Gasteiger charge is 2.31. The Bertz CT molecular complexity index is 1420. The monoisotopic (exact) mass is 467 g/mol. The number of hydrogen-bond acceptors (Lipinski definition) is 5. The molecule has 0 spiro atoms. The van der Waals surface area contributed by atoms with Crippen molar-refractivity contribution in [2.75, 3.05) is 7.05 Å². The molecule has 2 aromatic carbocycles. The Hall–Kier alpha value is -4.00. The van der Waals surface area contributed by atoms with Crippen molar-refractivity contribution in [2.45, 2.75) is 45.7 Å². The van der Waals surface area contributed by atoms with Gasteiger partial charge in [0.2, 0.25) is 5.91 Å². The molecule has 7 nitrogen and oxygen atoms in total. The summed E-state index contributed by atoms with van der Waals surface area (Å²) in [7, 11) is 1.63. The molecule has 0 bridgehead atoms. The van der Waals surface area contributed by atoms with Crippen molar-refractivity contribution in [2.24, 2.45) is 4.99 Å². The van der Waals surface area contributed by atoms with Crippen LogP contribution in [0.4, 0.5) is 0 Å². The number of carbonyl (C=O) groups is 1. The molecule has 0 fully saturated rings. The standard InChI is InChI=1S/C28H29N5O2/c1-17-25-21-12-11-19(20-15-30-33(16-20)28(2,3)4)13-22(21)26(18-9-7-6-8-10-18)31-23(14-24(34)29-5)27(25)35-32-17/h6-13,15-16,23H,14H2,1-5H3,(H,29,34)/t23-/m0/s1. The van der Waals surface area contributed by atoms with Gasteiger partial charge < -0.3 is 9.84 Å². The highest BCUT2D eigenvalue weighted by atomic mass is 16.5. The maximum Gasteiger partial charge on any atom is 0.222 e. The zero-order chi connectivity index (χ0) is 24.7. The third-order valence-electron chi connectivity index (χ3n) is 6.33. The number of aryl methyl sites for hydroxylation is 1. The average molecular weight is 468 g/mol. The van der Waals surface area contributed by atoms with Gasteiger partial charge in [0, 0.05) is 29.9 Å². The topological polar surface area (TPSA) is 85.3 Å². The Balaban J connectivity index is 1.74. The summed E-state index contributed by atoms with van der Waals surface area (Å²) in [6, 6.07) is 15.9. The normalized spacial score (nSPS) is 15.1. The lowest BCUT2D eigenvalue weighted by Gasteiger charge is -2.18. The first-order chi connectivity index (χ1) is 16.8. The fourth-order valence-electron chi connectivity index (χ4n) is 4.44. The fourth-order valence-corrected chi connectivity index (χ4v) is 4.44. The molecule has 1 aliphatic rings. The van der Waals surface area contributed by atoms with Crippen molar-refractivity contribution < 1.29 is 9.32 Å². The van der Waals surface area contributed by atoms with Crippen molar-refractivity contribution in [3.8, 4) is 22.3 Å². The van der Waals surface area contributed by atoms with Crippen LogP contribution < -0.4 is 5.32 Å². The molecule has 1 amide bonds. The molecule has 2 aromatic heterocycles. The molecule has 0 saturated heterocycles. The molecule has 0 radical (unpaired) electrons. The summed E-state index contributed by atoms with van der Waals surface area (Å²) in [6.07, 6.45) is 4.14. The van der Waals surface area contributed by atoms with E-state index < -0.39 is 6.04 Å². The van der Waals surface area contributed by atoms with E-state index in [9.17, 15) is 4.79 Å². The minimum Gasteiger partial charge on any atom is -0.359 e. The van der Waals surface area contributed by atoms with E-state index in [4.69, 9.17) is 9.52 Å². The Morgan fingerprint density at radius 2 is 1.83 bits per heavy atom. The van der Waals surface area contributed by atoms with E-state index in [2.05, 4.69) is 60.7 Å². The van der Waals surface area contributed by atoms with Crippen molar-refractivity contribution in [1.82, 2.24) is 20.3 Å². The molecule has 178 valence electrons. The number of nitrogens with zero attached hydrogens (tertiary/aromatic N) is 4. The van der Waals surface area contributed by atoms with Crippen LogP contribution in [-0.4, -0.2) is 33.6 Å². The van der Waals surface area contributed by atoms with Gasteiger partial charge in [-0.3, -0.25) is 14.5 Å². The number of aliphatic imine (C=N–C) groups is 1. The molecule has 5 rings (SSSR count). The van der Waals surface area contributed by atoms with Gasteiger partial charge in [-0.15, -0.1) is 0 Å². The smallest absolute Gasteiger partial charge is 0.222 e. The first-order valence-corrected chi connectivity index (χ1v) is 11.8. The quantitative estimate of drug-likeness (QED) is 0.442. The van der Waals surface area contributed by atoms with E-state index >= 15 is 0 Å². The lowest BCUT2D eigenvalue weighted by Crippen LogP contribution is -2.21. The second-order valence-corrected chi connectivity index (χ2v) is 9.85. The number of benzene rings is 2. The Kier molecular flexibility index (Phi) is 5.63. The first kappa shape index (κ1) is 22.8. The van der Waals surface area contributed by atoms with Crippen molar-refractivity contribution in [1.29, 1.82) is 0 Å². The van der Waals surface area contributed by atoms with E-state index in [1.807, 2.05) is 48.1 Å². The number of amides is 1. The molecule has 0 unspecified atom stereocenters. The predicted molar refractivity (Wildman–Crippen MR) is 136 cm³/mol. The highest BCUT2D eigenvalue weighted by Crippen LogP contribution is 2.42. The van der Waals surface area contributed by atoms with Crippen LogP contribution in [0.1, 0.15) is 55.8 Å². The molecule has 0 aliphatic carbocycles. The largest absolute Gasteiger partial charge is 0.359 e. The van der Waals surface area contributed by atoms with Crippen LogP contribution in [0.25, 0.3) is 22.3 Å². The minimum atomic E-state index is -0.485. The second-order valence-electron chi connectivity index (χ2n) is 9.85. The predicted octanol–water partition coefficient (Wildman–Crippen LogP) is 5.30. The fraction of sp³-hybridized carbons (Fsp3) is 0.286. The van der Waals surface area contributed by atoms with Gasteiger partial charge in [-0.05, 0) is 44.9 Å². The maximum atomic E-state index is 12.4. The molecule has 1 atom stereocenters. The number of aromatic nitrogens is 3. The SMILES string of the molecule is CNC(=O)C[C@@H]1N=C(c2ccccc2)c2cc(-c3cnn(C(C)(C)C)c3)ccc2-c2c(C)noc21. The number of nitrogens with one attached hydrogen (secondary N) is 1. The summed E-state index contributed by atoms with van der Waals surface area (Å²) >= 11 is 0. The Morgan fingerprint density at radius 1 is 1.06 bits per heavy atom. The molecule has 7 heteroatoms. The number of hydrogen-bond donors (Lipinski definition) is 1. The van der Waals surface area contributed by atoms with Crippen molar-refractivity contribution in [3.63, 3.8) is 0 Å². The van der Waals surface area contributed by atoms with Crippen molar-refractivity contribution in [3.05, 3.63) is 83.5 Å². The minimum absolute atomic E-state index is 0.104. The molecule has 4 aromatic rings. The Morgan fingerprint density at radius 3 is 2.51 bits per heavy atom. The van der Waals surface area contributed by atoms with E-state index in [1.165, 1.54) is 0 Å². The van der Waals surface area contributed by atoms with Gasteiger partial charge in [0.1, 0.15) is 6.04 Å². The first-order valence-electron chi connectivity index (χ1n) is 11.8. The summed E-state index contributed by atoms with van der Waals surface area (Å²) in [5.74, 6) is 0.513. The van der Waals surface area contributed by atoms with Crippen LogP contribution >= 0.6 is 0 Å². The highest BCUT2D eigenvalue weighted by molar-refractivity contribution is 6.17. The summed E-state index contributed by atoms with van der Waals surface area (Å²) < 4.78 is 7.75. The van der Waals surface area contributed by atoms with E-state index in [-0.39, 0.29) is 17.9 Å². The number of rotatable bonds is 4. The molecular weight excluding hydrogens is 438 g/mol. The van der Waals surface area contributed by atoms with Gasteiger partial charge in [-0.1, -0.05) is 47.6 Å². The lowest BCUT2D eigenvalue weighted by molar-refractivity contribution is -0.121. The van der Waals surface area contributed by atoms with Gasteiger partial charge in [0.25, 0.3) is 0 Å². The van der Waals surface area contributed by atoms with Gasteiger partial charge in [-0.2, -0.15) is 5.10 Å². The molecule has 0 saturated carbocycles. The van der Waals surface area contributed by atoms with Crippen molar-refractivity contribution >= 4 is 11.6 Å². The zero-order valence-electron chi connectivity index (χ0n) is 20.7. The van der Waals surface area contributed by atoms with Crippen LogP contribution in [0.5, 0.6) is 0 Å². The van der Waals surface area contributed by atoms with Crippen LogP contribution in [0, 0.1) is 6.92 Å². The van der Waals surface area contributed by atoms with Crippen LogP contribution in [0.2, 0.25) is 0 Å². The zero-order valence-corrected chi connectivity index (χ0v) is 20.7. The summed E-state index contributed by atoms with van der Waals surface area (Å²) in [5.41, 5.74) is 7.42. The number of carbonyl (C=O) groups excluding carboxylic acids is 1. The van der Waals surface area contributed by atoms with Gasteiger partial charge in [0.05, 0.1) is 35.1 Å². The molecule has 1 aliphatic heterocycles. The Labute approximate surface area is 204 Å². The summed E-state index contributed by atoms with van der Waals surface area (Å²) in [6.45, 7) is 8.31. The van der Waals surface area contributed by atoms with Gasteiger partial charge in [-0.25, -0.2) is 0 Å². The maximum absolute atomic E-state index is 12.4. The second kappa shape index (κ2) is 8.65. The van der Waals surface area contributed by atoms with E-state index in [0.29, 0.717) is 5.76 Å². The summed E-state index contributed by atoms with van der Waals surface area (Å²) in [4.78, 5) is 17.5. The molecule has 35 heavy (non-hydrogen) atoms. The van der Waals surface area contributed by atoms with Crippen LogP contribution in [0.3, 0.4) is 0 Å². The van der Waals surface area contributed by atoms with Gasteiger partial charge in [0.15, 0.2) is 5.76 Å². The van der Waals surface area contributed by atoms with E-state index in [1.54, 1.807) is 7.05 Å². The van der Waals surface area contributed by atoms with Crippen LogP contribution in [0.15, 0.2) is 70.4 Å². The summed E-state index contributed by atoms with van der Waals surface area (Å²) in [5, 5.41) is 11.5. The average Bonchev–Trinajstić information content (AvgIpc) is 3.46. The third-order valence-corrected chi connectivity index (χ3v) is 6.33. The third kappa shape index (κ3) is 4.18. The molecular formula is C28H29N5O2. The van der Waals surface area contributed by atoms with Crippen LogP contribution in [-0.2, 0) is 10.3 Å². The molecule has 1 N–H and O–H groups in total. The van der Waals surface area contributed by atoms with E-state index in [0.717, 1.165) is 44.8 Å². The lowest BCUT2D eigenvalue weighted by atomic mass is 9.90. The number of fused-ring (bicyclic) bond motifs is 3.